The fourth-order valence-electron chi connectivity index (χ4n) is 1.56. The first-order valence-corrected chi connectivity index (χ1v) is 6.68. The van der Waals surface area contributed by atoms with E-state index in [9.17, 15) is 13.2 Å². The van der Waals surface area contributed by atoms with Crippen LogP contribution in [0.2, 0.25) is 0 Å². The molecule has 0 N–H and O–H groups in total. The molecule has 0 bridgehead atoms. The summed E-state index contributed by atoms with van der Waals surface area (Å²) < 4.78 is 42.8. The molecule has 0 fully saturated rings. The van der Waals surface area contributed by atoms with E-state index in [0.29, 0.717) is 4.90 Å². The molecule has 5 heteroatoms. The molecule has 0 amide bonds. The minimum absolute atomic E-state index is 0.0691. The van der Waals surface area contributed by atoms with Crippen molar-refractivity contribution >= 4 is 17.7 Å². The molecular weight excluding hydrogens is 283 g/mol. The molecule has 0 aromatic heterocycles. The molecular formula is C15H12F3NS. The van der Waals surface area contributed by atoms with Crippen LogP contribution in [-0.4, -0.2) is 11.9 Å². The molecule has 2 rings (SSSR count). The molecule has 0 unspecified atom stereocenters. The van der Waals surface area contributed by atoms with Crippen LogP contribution in [0.1, 0.15) is 11.1 Å². The smallest absolute Gasteiger partial charge is 0.206 e. The second-order valence-corrected chi connectivity index (χ2v) is 5.04. The Morgan fingerprint density at radius 2 is 1.55 bits per heavy atom. The normalized spacial score (nSPS) is 12.5. The van der Waals surface area contributed by atoms with Gasteiger partial charge in [0.15, 0.2) is 5.71 Å². The second kappa shape index (κ2) is 6.13. The van der Waals surface area contributed by atoms with E-state index in [2.05, 4.69) is 4.40 Å². The Kier molecular flexibility index (Phi) is 4.49. The largest absolute Gasteiger partial charge is 0.434 e. The first-order valence-electron chi connectivity index (χ1n) is 5.91. The van der Waals surface area contributed by atoms with Crippen LogP contribution in [0, 0.1) is 6.92 Å². The number of alkyl halides is 3. The Morgan fingerprint density at radius 1 is 0.950 bits per heavy atom. The molecule has 2 aromatic rings. The Labute approximate surface area is 119 Å². The van der Waals surface area contributed by atoms with Crippen molar-refractivity contribution in [2.24, 2.45) is 4.40 Å². The van der Waals surface area contributed by atoms with Crippen LogP contribution in [0.5, 0.6) is 0 Å². The zero-order valence-corrected chi connectivity index (χ0v) is 11.5. The lowest BCUT2D eigenvalue weighted by Crippen LogP contribution is -2.23. The zero-order chi connectivity index (χ0) is 14.6. The van der Waals surface area contributed by atoms with Crippen molar-refractivity contribution in [2.75, 3.05) is 0 Å². The third-order valence-electron chi connectivity index (χ3n) is 2.58. The topological polar surface area (TPSA) is 12.4 Å². The molecule has 0 saturated heterocycles. The maximum Gasteiger partial charge on any atom is 0.434 e. The number of rotatable bonds is 3. The predicted octanol–water partition coefficient (Wildman–Crippen LogP) is 5.05. The van der Waals surface area contributed by atoms with Crippen LogP contribution < -0.4 is 0 Å². The molecule has 20 heavy (non-hydrogen) atoms. The summed E-state index contributed by atoms with van der Waals surface area (Å²) in [6.45, 7) is 1.92. The number of nitrogens with zero attached hydrogens (tertiary/aromatic N) is 1. The minimum atomic E-state index is -4.47. The molecule has 0 aliphatic heterocycles. The highest BCUT2D eigenvalue weighted by atomic mass is 32.2. The van der Waals surface area contributed by atoms with E-state index in [-0.39, 0.29) is 5.56 Å². The van der Waals surface area contributed by atoms with Gasteiger partial charge in [-0.25, -0.2) is 4.40 Å². The molecule has 2 aromatic carbocycles. The molecule has 0 saturated carbocycles. The average molecular weight is 295 g/mol. The van der Waals surface area contributed by atoms with Crippen molar-refractivity contribution in [3.63, 3.8) is 0 Å². The van der Waals surface area contributed by atoms with Gasteiger partial charge in [-0.15, -0.1) is 0 Å². The lowest BCUT2D eigenvalue weighted by atomic mass is 10.1. The summed E-state index contributed by atoms with van der Waals surface area (Å²) in [6.07, 6.45) is -4.47. The molecule has 0 aliphatic carbocycles. The Morgan fingerprint density at radius 3 is 2.10 bits per heavy atom. The van der Waals surface area contributed by atoms with Gasteiger partial charge in [-0.1, -0.05) is 48.0 Å². The molecule has 0 spiro atoms. The fraction of sp³-hybridized carbons (Fsp3) is 0.133. The van der Waals surface area contributed by atoms with Crippen LogP contribution in [0.3, 0.4) is 0 Å². The Hall–Kier alpha value is -1.75. The molecule has 0 heterocycles. The lowest BCUT2D eigenvalue weighted by molar-refractivity contribution is -0.0578. The summed E-state index contributed by atoms with van der Waals surface area (Å²) in [6, 6.07) is 14.8. The van der Waals surface area contributed by atoms with Gasteiger partial charge in [0.1, 0.15) is 0 Å². The number of hydrogen-bond acceptors (Lipinski definition) is 2. The summed E-state index contributed by atoms with van der Waals surface area (Å²) in [5.41, 5.74) is 0.251. The highest BCUT2D eigenvalue weighted by Crippen LogP contribution is 2.27. The van der Waals surface area contributed by atoms with Gasteiger partial charge >= 0.3 is 6.18 Å². The number of hydrogen-bond donors (Lipinski definition) is 0. The van der Waals surface area contributed by atoms with Gasteiger partial charge in [0.2, 0.25) is 0 Å². The van der Waals surface area contributed by atoms with E-state index in [1.807, 2.05) is 19.1 Å². The first kappa shape index (κ1) is 14.7. The molecule has 1 nitrogen and oxygen atoms in total. The van der Waals surface area contributed by atoms with Gasteiger partial charge in [-0.05, 0) is 19.1 Å². The second-order valence-electron chi connectivity index (χ2n) is 4.21. The van der Waals surface area contributed by atoms with E-state index in [0.717, 1.165) is 17.5 Å². The third kappa shape index (κ3) is 3.87. The Bertz CT molecular complexity index is 589. The lowest BCUT2D eigenvalue weighted by Gasteiger charge is -2.10. The quantitative estimate of drug-likeness (QED) is 0.570. The average Bonchev–Trinajstić information content (AvgIpc) is 2.41. The number of benzene rings is 2. The van der Waals surface area contributed by atoms with Gasteiger partial charge in [-0.3, -0.25) is 0 Å². The van der Waals surface area contributed by atoms with E-state index >= 15 is 0 Å². The van der Waals surface area contributed by atoms with Crippen molar-refractivity contribution in [2.45, 2.75) is 18.0 Å². The maximum atomic E-state index is 13.0. The van der Waals surface area contributed by atoms with Crippen molar-refractivity contribution in [3.05, 3.63) is 65.7 Å². The number of aryl methyl sites for hydroxylation is 1. The van der Waals surface area contributed by atoms with Crippen LogP contribution in [0.4, 0.5) is 13.2 Å². The third-order valence-corrected chi connectivity index (χ3v) is 3.34. The van der Waals surface area contributed by atoms with Crippen molar-refractivity contribution < 1.29 is 13.2 Å². The van der Waals surface area contributed by atoms with Gasteiger partial charge in [0, 0.05) is 22.4 Å². The molecule has 0 radical (unpaired) electrons. The highest BCUT2D eigenvalue weighted by Gasteiger charge is 2.36. The van der Waals surface area contributed by atoms with E-state index in [1.54, 1.807) is 30.3 Å². The van der Waals surface area contributed by atoms with Crippen LogP contribution in [0.15, 0.2) is 63.9 Å². The van der Waals surface area contributed by atoms with Gasteiger partial charge in [-0.2, -0.15) is 13.2 Å². The van der Waals surface area contributed by atoms with Crippen molar-refractivity contribution in [1.82, 2.24) is 0 Å². The standard InChI is InChI=1S/C15H12F3NS/c1-11-7-9-13(10-8-11)20-19-14(15(16,17)18)12-5-3-2-4-6-12/h2-10H,1H3. The Balaban J connectivity index is 2.28. The summed E-state index contributed by atoms with van der Waals surface area (Å²) >= 11 is 0.827. The summed E-state index contributed by atoms with van der Waals surface area (Å²) in [7, 11) is 0. The van der Waals surface area contributed by atoms with Gasteiger partial charge < -0.3 is 0 Å². The molecule has 0 aliphatic rings. The molecule has 104 valence electrons. The summed E-state index contributed by atoms with van der Waals surface area (Å²) in [5.74, 6) is 0. The van der Waals surface area contributed by atoms with Crippen LogP contribution in [0.25, 0.3) is 0 Å². The maximum absolute atomic E-state index is 13.0. The SMILES string of the molecule is Cc1ccc(SN=C(c2ccccc2)C(F)(F)F)cc1. The van der Waals surface area contributed by atoms with Crippen molar-refractivity contribution in [3.8, 4) is 0 Å². The minimum Gasteiger partial charge on any atom is -0.206 e. The first-order chi connectivity index (χ1) is 9.47. The number of halogens is 3. The van der Waals surface area contributed by atoms with Crippen molar-refractivity contribution in [1.29, 1.82) is 0 Å². The fourth-order valence-corrected chi connectivity index (χ4v) is 2.23. The molecule has 0 atom stereocenters. The van der Waals surface area contributed by atoms with Gasteiger partial charge in [0.25, 0.3) is 0 Å². The van der Waals surface area contributed by atoms with Gasteiger partial charge in [0.05, 0.1) is 0 Å². The summed E-state index contributed by atoms with van der Waals surface area (Å²) in [4.78, 5) is 0.674. The monoisotopic (exact) mass is 295 g/mol. The van der Waals surface area contributed by atoms with Crippen LogP contribution >= 0.6 is 11.9 Å². The van der Waals surface area contributed by atoms with Crippen LogP contribution in [-0.2, 0) is 0 Å². The summed E-state index contributed by atoms with van der Waals surface area (Å²) in [5, 5.41) is 0. The zero-order valence-electron chi connectivity index (χ0n) is 10.7. The van der Waals surface area contributed by atoms with E-state index in [1.165, 1.54) is 12.1 Å². The highest BCUT2D eigenvalue weighted by molar-refractivity contribution is 7.98. The predicted molar refractivity (Wildman–Crippen MR) is 76.1 cm³/mol. The van der Waals surface area contributed by atoms with E-state index in [4.69, 9.17) is 0 Å². The van der Waals surface area contributed by atoms with E-state index < -0.39 is 11.9 Å².